The molecule has 0 bridgehead atoms. The minimum atomic E-state index is -0.876. The molecule has 0 unspecified atom stereocenters. The van der Waals surface area contributed by atoms with Crippen molar-refractivity contribution in [2.24, 2.45) is 0 Å². The highest BCUT2D eigenvalue weighted by Crippen LogP contribution is 2.43. The summed E-state index contributed by atoms with van der Waals surface area (Å²) in [7, 11) is 0. The number of nitrogen functional groups attached to an aromatic ring is 1. The first-order chi connectivity index (χ1) is 17.0. The number of hydrogen-bond donors (Lipinski definition) is 2. The molecule has 0 saturated heterocycles. The van der Waals surface area contributed by atoms with Crippen LogP contribution in [-0.4, -0.2) is 32.6 Å². The summed E-state index contributed by atoms with van der Waals surface area (Å²) in [4.78, 5) is 24.8. The third-order valence-corrected chi connectivity index (χ3v) is 6.69. The lowest BCUT2D eigenvalue weighted by Gasteiger charge is -2.22. The zero-order valence-corrected chi connectivity index (χ0v) is 19.1. The van der Waals surface area contributed by atoms with Crippen LogP contribution >= 0.6 is 0 Å². The largest absolute Gasteiger partial charge is 0.493 e. The number of carbonyl (C=O) groups is 1. The van der Waals surface area contributed by atoms with E-state index in [0.29, 0.717) is 12.4 Å². The number of hydrogen-bond acceptors (Lipinski definition) is 6. The third-order valence-electron chi connectivity index (χ3n) is 6.69. The fraction of sp³-hybridized carbons (Fsp3) is 0.143. The van der Waals surface area contributed by atoms with Crippen molar-refractivity contribution in [3.63, 3.8) is 0 Å². The zero-order chi connectivity index (χ0) is 24.1. The van der Waals surface area contributed by atoms with Crippen LogP contribution in [-0.2, 0) is 17.6 Å². The fourth-order valence-corrected chi connectivity index (χ4v) is 5.11. The number of carboxylic acid groups (broad SMARTS) is 1. The van der Waals surface area contributed by atoms with Crippen LogP contribution in [0, 0.1) is 6.92 Å². The van der Waals surface area contributed by atoms with Crippen molar-refractivity contribution in [2.75, 3.05) is 12.3 Å². The van der Waals surface area contributed by atoms with Crippen LogP contribution in [0.15, 0.2) is 61.2 Å². The monoisotopic (exact) mass is 462 g/mol. The molecule has 3 aromatic carbocycles. The summed E-state index contributed by atoms with van der Waals surface area (Å²) < 4.78 is 5.91. The molecule has 3 N–H and O–H groups in total. The first-order valence-corrected chi connectivity index (χ1v) is 11.4. The number of aliphatic carboxylic acids is 1. The molecule has 0 amide bonds. The van der Waals surface area contributed by atoms with Gasteiger partial charge in [0.2, 0.25) is 0 Å². The number of nitrogens with two attached hydrogens (primary N) is 1. The number of nitrogens with zero attached hydrogens (tertiary/aromatic N) is 3. The van der Waals surface area contributed by atoms with Crippen molar-refractivity contribution in [1.29, 1.82) is 0 Å². The Hall–Kier alpha value is -4.52. The number of benzene rings is 3. The smallest absolute Gasteiger partial charge is 0.307 e. The van der Waals surface area contributed by atoms with E-state index in [4.69, 9.17) is 15.5 Å². The van der Waals surface area contributed by atoms with Crippen molar-refractivity contribution >= 4 is 33.5 Å². The molecule has 2 aromatic heterocycles. The number of anilines is 1. The van der Waals surface area contributed by atoms with Gasteiger partial charge in [-0.05, 0) is 69.8 Å². The van der Waals surface area contributed by atoms with E-state index in [2.05, 4.69) is 9.97 Å². The maximum Gasteiger partial charge on any atom is 0.307 e. The Balaban J connectivity index is 1.68. The molecule has 0 fully saturated rings. The van der Waals surface area contributed by atoms with E-state index >= 15 is 0 Å². The lowest BCUT2D eigenvalue weighted by atomic mass is 9.86. The van der Waals surface area contributed by atoms with E-state index in [0.717, 1.165) is 67.2 Å². The molecule has 0 saturated carbocycles. The topological polar surface area (TPSA) is 111 Å². The van der Waals surface area contributed by atoms with E-state index < -0.39 is 5.97 Å². The number of pyridine rings is 1. The molecule has 35 heavy (non-hydrogen) atoms. The van der Waals surface area contributed by atoms with E-state index in [1.807, 2.05) is 55.6 Å². The van der Waals surface area contributed by atoms with E-state index in [1.165, 1.54) is 11.9 Å². The average Bonchev–Trinajstić information content (AvgIpc) is 2.85. The van der Waals surface area contributed by atoms with Gasteiger partial charge in [-0.15, -0.1) is 0 Å². The average molecular weight is 463 g/mol. The zero-order valence-electron chi connectivity index (χ0n) is 19.1. The number of fused-ring (bicyclic) bond motifs is 1. The van der Waals surface area contributed by atoms with Crippen LogP contribution in [0.4, 0.5) is 5.82 Å². The van der Waals surface area contributed by atoms with Crippen molar-refractivity contribution in [3.8, 4) is 28.0 Å². The van der Waals surface area contributed by atoms with Crippen molar-refractivity contribution in [1.82, 2.24) is 15.0 Å². The Morgan fingerprint density at radius 1 is 1.11 bits per heavy atom. The molecule has 0 atom stereocenters. The van der Waals surface area contributed by atoms with Crippen LogP contribution in [0.25, 0.3) is 43.9 Å². The number of ether oxygens (including phenoxy) is 1. The standard InChI is InChI=1S/C28H22N4O3/c1-15-10-18-11-17(22-13-30-14-32-28(22)29)2-3-19(18)26(21(15)12-24(33)34)20-4-5-23-25-16(7-9-35-23)6-8-31-27(20)25/h2-6,8,10-11,13-14H,7,9,12H2,1H3,(H,33,34)(H2,29,30,32). The Bertz CT molecular complexity index is 1650. The second-order valence-electron chi connectivity index (χ2n) is 8.78. The fourth-order valence-electron chi connectivity index (χ4n) is 5.11. The van der Waals surface area contributed by atoms with Crippen molar-refractivity contribution in [3.05, 3.63) is 77.9 Å². The molecule has 5 aromatic rings. The maximum atomic E-state index is 11.9. The van der Waals surface area contributed by atoms with Crippen LogP contribution in [0.3, 0.4) is 0 Å². The van der Waals surface area contributed by atoms with Gasteiger partial charge in [-0.2, -0.15) is 0 Å². The molecule has 0 aliphatic carbocycles. The summed E-state index contributed by atoms with van der Waals surface area (Å²) in [5.74, 6) is 0.349. The Kier molecular flexibility index (Phi) is 4.84. The normalized spacial score (nSPS) is 12.6. The van der Waals surface area contributed by atoms with Crippen molar-refractivity contribution < 1.29 is 14.6 Å². The summed E-state index contributed by atoms with van der Waals surface area (Å²) in [6.45, 7) is 2.59. The number of carboxylic acids is 1. The summed E-state index contributed by atoms with van der Waals surface area (Å²) in [6, 6.07) is 14.1. The highest BCUT2D eigenvalue weighted by atomic mass is 16.5. The van der Waals surface area contributed by atoms with Gasteiger partial charge in [-0.1, -0.05) is 18.2 Å². The summed E-state index contributed by atoms with van der Waals surface area (Å²) >= 11 is 0. The maximum absolute atomic E-state index is 11.9. The van der Waals surface area contributed by atoms with Gasteiger partial charge in [0, 0.05) is 35.3 Å². The molecule has 3 heterocycles. The Labute approximate surface area is 201 Å². The first-order valence-electron chi connectivity index (χ1n) is 11.4. The summed E-state index contributed by atoms with van der Waals surface area (Å²) in [6.07, 6.45) is 5.68. The van der Waals surface area contributed by atoms with Gasteiger partial charge < -0.3 is 15.6 Å². The van der Waals surface area contributed by atoms with Gasteiger partial charge in [0.25, 0.3) is 0 Å². The molecule has 1 aliphatic rings. The molecule has 7 nitrogen and oxygen atoms in total. The van der Waals surface area contributed by atoms with Crippen LogP contribution < -0.4 is 10.5 Å². The molecule has 7 heteroatoms. The number of rotatable bonds is 4. The second kappa shape index (κ2) is 8.06. The van der Waals surface area contributed by atoms with Crippen LogP contribution in [0.2, 0.25) is 0 Å². The van der Waals surface area contributed by atoms with Gasteiger partial charge in [0.15, 0.2) is 0 Å². The molecule has 172 valence electrons. The predicted molar refractivity (Wildman–Crippen MR) is 135 cm³/mol. The minimum Gasteiger partial charge on any atom is -0.493 e. The Morgan fingerprint density at radius 3 is 2.83 bits per heavy atom. The van der Waals surface area contributed by atoms with E-state index in [9.17, 15) is 9.90 Å². The van der Waals surface area contributed by atoms with Gasteiger partial charge in [0.1, 0.15) is 17.9 Å². The quantitative estimate of drug-likeness (QED) is 0.388. The lowest BCUT2D eigenvalue weighted by Crippen LogP contribution is -2.10. The molecule has 6 rings (SSSR count). The predicted octanol–water partition coefficient (Wildman–Crippen LogP) is 4.96. The van der Waals surface area contributed by atoms with Gasteiger partial charge >= 0.3 is 5.97 Å². The second-order valence-corrected chi connectivity index (χ2v) is 8.78. The summed E-state index contributed by atoms with van der Waals surface area (Å²) in [5, 5.41) is 12.7. The van der Waals surface area contributed by atoms with Gasteiger partial charge in [-0.25, -0.2) is 9.97 Å². The highest BCUT2D eigenvalue weighted by Gasteiger charge is 2.22. The van der Waals surface area contributed by atoms with Gasteiger partial charge in [0.05, 0.1) is 18.5 Å². The third kappa shape index (κ3) is 3.44. The number of aromatic nitrogens is 3. The molecule has 0 spiro atoms. The van der Waals surface area contributed by atoms with Gasteiger partial charge in [-0.3, -0.25) is 9.78 Å². The molecular formula is C28H22N4O3. The summed E-state index contributed by atoms with van der Waals surface area (Å²) in [5.41, 5.74) is 13.2. The molecule has 0 radical (unpaired) electrons. The van der Waals surface area contributed by atoms with Crippen molar-refractivity contribution in [2.45, 2.75) is 19.8 Å². The van der Waals surface area contributed by atoms with Crippen LogP contribution in [0.5, 0.6) is 5.75 Å². The lowest BCUT2D eigenvalue weighted by molar-refractivity contribution is -0.136. The highest BCUT2D eigenvalue weighted by molar-refractivity contribution is 6.09. The van der Waals surface area contributed by atoms with Crippen LogP contribution in [0.1, 0.15) is 16.7 Å². The number of aryl methyl sites for hydroxylation is 1. The SMILES string of the molecule is Cc1cc2cc(-c3cncnc3N)ccc2c(-c2ccc3c4c(ccnc24)CCO3)c1CC(=O)O. The molecule has 1 aliphatic heterocycles. The minimum absolute atomic E-state index is 0.0855. The van der Waals surface area contributed by atoms with E-state index in [1.54, 1.807) is 6.20 Å². The first kappa shape index (κ1) is 21.0. The Morgan fingerprint density at radius 2 is 2.00 bits per heavy atom. The van der Waals surface area contributed by atoms with E-state index in [-0.39, 0.29) is 6.42 Å². The molecular weight excluding hydrogens is 440 g/mol.